The van der Waals surface area contributed by atoms with E-state index in [-0.39, 0.29) is 11.3 Å². The molecule has 2 N–H and O–H groups in total. The van der Waals surface area contributed by atoms with Crippen molar-refractivity contribution in [3.63, 3.8) is 0 Å². The van der Waals surface area contributed by atoms with Crippen LogP contribution in [0.25, 0.3) is 17.0 Å². The van der Waals surface area contributed by atoms with Crippen LogP contribution >= 0.6 is 0 Å². The predicted octanol–water partition coefficient (Wildman–Crippen LogP) is 1.77. The highest BCUT2D eigenvalue weighted by atomic mass is 16.5. The normalized spacial score (nSPS) is 10.7. The van der Waals surface area contributed by atoms with Crippen LogP contribution in [0, 0.1) is 6.92 Å². The molecular formula is C18H14N6O3. The molecule has 2 amide bonds. The molecule has 0 unspecified atom stereocenters. The Kier molecular flexibility index (Phi) is 4.09. The van der Waals surface area contributed by atoms with E-state index in [1.54, 1.807) is 25.4 Å². The van der Waals surface area contributed by atoms with Crippen molar-refractivity contribution in [1.29, 1.82) is 0 Å². The van der Waals surface area contributed by atoms with Crippen molar-refractivity contribution in [3.8, 4) is 11.3 Å². The highest BCUT2D eigenvalue weighted by Gasteiger charge is 2.20. The van der Waals surface area contributed by atoms with Crippen LogP contribution in [0.1, 0.15) is 26.5 Å². The number of hydrogen-bond acceptors (Lipinski definition) is 6. The van der Waals surface area contributed by atoms with E-state index in [0.717, 1.165) is 5.56 Å². The zero-order valence-electron chi connectivity index (χ0n) is 14.2. The molecular weight excluding hydrogens is 348 g/mol. The van der Waals surface area contributed by atoms with Crippen molar-refractivity contribution >= 4 is 17.5 Å². The molecule has 0 aliphatic rings. The zero-order valence-corrected chi connectivity index (χ0v) is 14.2. The average molecular weight is 362 g/mol. The number of benzene rings is 1. The summed E-state index contributed by atoms with van der Waals surface area (Å²) in [6.45, 7) is 1.69. The lowest BCUT2D eigenvalue weighted by Crippen LogP contribution is -2.42. The van der Waals surface area contributed by atoms with E-state index in [1.807, 2.05) is 30.3 Å². The first kappa shape index (κ1) is 16.5. The van der Waals surface area contributed by atoms with Gasteiger partial charge in [0.25, 0.3) is 11.8 Å². The van der Waals surface area contributed by atoms with Crippen LogP contribution in [0.5, 0.6) is 0 Å². The Morgan fingerprint density at radius 1 is 1.07 bits per heavy atom. The molecule has 4 rings (SSSR count). The summed E-state index contributed by atoms with van der Waals surface area (Å²) in [6.07, 6.45) is 3.25. The van der Waals surface area contributed by atoms with Crippen molar-refractivity contribution in [1.82, 2.24) is 30.6 Å². The smallest absolute Gasteiger partial charge is 0.291 e. The predicted molar refractivity (Wildman–Crippen MR) is 94.6 cm³/mol. The third-order valence-electron chi connectivity index (χ3n) is 3.89. The zero-order chi connectivity index (χ0) is 18.8. The Hall–Kier alpha value is -4.01. The number of rotatable bonds is 3. The number of fused-ring (bicyclic) bond motifs is 1. The first-order valence-electron chi connectivity index (χ1n) is 8.06. The van der Waals surface area contributed by atoms with Gasteiger partial charge in [-0.15, -0.1) is 0 Å². The topological polar surface area (TPSA) is 114 Å². The molecule has 27 heavy (non-hydrogen) atoms. The standard InChI is InChI=1S/C18H14N6O3/c1-11-15(16-19-8-5-9-24(16)22-11)18(26)21-20-17(25)13-10-14(27-23-13)12-6-3-2-4-7-12/h2-10H,1H3,(H,20,25)(H,21,26). The van der Waals surface area contributed by atoms with Gasteiger partial charge < -0.3 is 4.52 Å². The molecule has 1 aromatic carbocycles. The van der Waals surface area contributed by atoms with Gasteiger partial charge in [-0.1, -0.05) is 35.5 Å². The summed E-state index contributed by atoms with van der Waals surface area (Å²) in [7, 11) is 0. The van der Waals surface area contributed by atoms with Gasteiger partial charge in [0.15, 0.2) is 17.1 Å². The monoisotopic (exact) mass is 362 g/mol. The van der Waals surface area contributed by atoms with Crippen molar-refractivity contribution in [3.05, 3.63) is 71.8 Å². The number of hydrogen-bond donors (Lipinski definition) is 2. The summed E-state index contributed by atoms with van der Waals surface area (Å²) in [5.41, 5.74) is 6.68. The lowest BCUT2D eigenvalue weighted by Gasteiger charge is -2.04. The van der Waals surface area contributed by atoms with Gasteiger partial charge in [-0.3, -0.25) is 20.4 Å². The van der Waals surface area contributed by atoms with Crippen LogP contribution in [-0.2, 0) is 0 Å². The number of nitrogens with one attached hydrogen (secondary N) is 2. The number of aryl methyl sites for hydroxylation is 1. The molecule has 9 nitrogen and oxygen atoms in total. The van der Waals surface area contributed by atoms with Gasteiger partial charge in [-0.05, 0) is 13.0 Å². The first-order valence-corrected chi connectivity index (χ1v) is 8.06. The van der Waals surface area contributed by atoms with E-state index >= 15 is 0 Å². The molecule has 0 aliphatic carbocycles. The summed E-state index contributed by atoms with van der Waals surface area (Å²) in [5.74, 6) is -0.674. The van der Waals surface area contributed by atoms with Crippen molar-refractivity contribution in [2.75, 3.05) is 0 Å². The third kappa shape index (κ3) is 3.13. The summed E-state index contributed by atoms with van der Waals surface area (Å²) in [6, 6.07) is 12.5. The van der Waals surface area contributed by atoms with Crippen LogP contribution in [0.3, 0.4) is 0 Å². The molecule has 0 bridgehead atoms. The molecule has 0 atom stereocenters. The SMILES string of the molecule is Cc1nn2cccnc2c1C(=O)NNC(=O)c1cc(-c2ccccc2)on1. The van der Waals surface area contributed by atoms with Gasteiger partial charge in [-0.25, -0.2) is 9.50 Å². The molecule has 0 saturated carbocycles. The van der Waals surface area contributed by atoms with E-state index in [1.165, 1.54) is 10.6 Å². The van der Waals surface area contributed by atoms with Gasteiger partial charge in [0.05, 0.1) is 5.69 Å². The van der Waals surface area contributed by atoms with E-state index in [2.05, 4.69) is 26.1 Å². The molecule has 3 aromatic heterocycles. The van der Waals surface area contributed by atoms with Gasteiger partial charge in [0.1, 0.15) is 5.56 Å². The van der Waals surface area contributed by atoms with E-state index in [4.69, 9.17) is 4.52 Å². The maximum Gasteiger partial charge on any atom is 0.291 e. The number of carbonyl (C=O) groups excluding carboxylic acids is 2. The van der Waals surface area contributed by atoms with Gasteiger partial charge in [-0.2, -0.15) is 5.10 Å². The molecule has 4 aromatic rings. The maximum atomic E-state index is 12.4. The minimum absolute atomic E-state index is 0.0452. The average Bonchev–Trinajstić information content (AvgIpc) is 3.30. The second-order valence-electron chi connectivity index (χ2n) is 5.70. The second kappa shape index (κ2) is 6.71. The van der Waals surface area contributed by atoms with Crippen LogP contribution in [0.2, 0.25) is 0 Å². The fourth-order valence-electron chi connectivity index (χ4n) is 2.62. The number of aromatic nitrogens is 4. The van der Waals surface area contributed by atoms with Crippen LogP contribution < -0.4 is 10.9 Å². The molecule has 0 spiro atoms. The van der Waals surface area contributed by atoms with Crippen molar-refractivity contribution in [2.24, 2.45) is 0 Å². The third-order valence-corrected chi connectivity index (χ3v) is 3.89. The highest BCUT2D eigenvalue weighted by molar-refractivity contribution is 6.02. The minimum atomic E-state index is -0.601. The van der Waals surface area contributed by atoms with E-state index < -0.39 is 11.8 Å². The molecule has 9 heteroatoms. The lowest BCUT2D eigenvalue weighted by molar-refractivity contribution is 0.0842. The van der Waals surface area contributed by atoms with Crippen molar-refractivity contribution < 1.29 is 14.1 Å². The molecule has 134 valence electrons. The Labute approximate surface area is 153 Å². The molecule has 0 fully saturated rings. The largest absolute Gasteiger partial charge is 0.355 e. The second-order valence-corrected chi connectivity index (χ2v) is 5.70. The fourth-order valence-corrected chi connectivity index (χ4v) is 2.62. The van der Waals surface area contributed by atoms with Crippen LogP contribution in [-0.4, -0.2) is 31.6 Å². The van der Waals surface area contributed by atoms with Crippen LogP contribution in [0.15, 0.2) is 59.4 Å². The summed E-state index contributed by atoms with van der Waals surface area (Å²) >= 11 is 0. The quantitative estimate of drug-likeness (QED) is 0.537. The van der Waals surface area contributed by atoms with E-state index in [9.17, 15) is 9.59 Å². The Morgan fingerprint density at radius 3 is 2.67 bits per heavy atom. The summed E-state index contributed by atoms with van der Waals surface area (Å²) in [4.78, 5) is 28.8. The molecule has 3 heterocycles. The van der Waals surface area contributed by atoms with Crippen molar-refractivity contribution in [2.45, 2.75) is 6.92 Å². The van der Waals surface area contributed by atoms with E-state index in [0.29, 0.717) is 17.1 Å². The summed E-state index contributed by atoms with van der Waals surface area (Å²) in [5, 5.41) is 7.94. The molecule has 0 aliphatic heterocycles. The number of amides is 2. The Morgan fingerprint density at radius 2 is 1.85 bits per heavy atom. The van der Waals surface area contributed by atoms with Gasteiger partial charge in [0.2, 0.25) is 0 Å². The first-order chi connectivity index (χ1) is 13.1. The van der Waals surface area contributed by atoms with Gasteiger partial charge >= 0.3 is 0 Å². The fraction of sp³-hybridized carbons (Fsp3) is 0.0556. The number of hydrazine groups is 1. The number of nitrogens with zero attached hydrogens (tertiary/aromatic N) is 4. The Bertz CT molecular complexity index is 1130. The number of carbonyl (C=O) groups is 2. The highest BCUT2D eigenvalue weighted by Crippen LogP contribution is 2.19. The lowest BCUT2D eigenvalue weighted by atomic mass is 10.1. The minimum Gasteiger partial charge on any atom is -0.355 e. The van der Waals surface area contributed by atoms with Gasteiger partial charge in [0, 0.05) is 24.0 Å². The Balaban J connectivity index is 1.47. The van der Waals surface area contributed by atoms with Crippen LogP contribution in [0.4, 0.5) is 0 Å². The maximum absolute atomic E-state index is 12.4. The summed E-state index contributed by atoms with van der Waals surface area (Å²) < 4.78 is 6.68. The molecule has 0 saturated heterocycles. The molecule has 0 radical (unpaired) electrons.